The number of rotatable bonds is 3. The SMILES string of the molecule is CCC[Si](C)(C)CC. The zero-order valence-corrected chi connectivity index (χ0v) is 7.62. The van der Waals surface area contributed by atoms with Crippen molar-refractivity contribution in [2.45, 2.75) is 45.5 Å². The fraction of sp³-hybridized carbons (Fsp3) is 1.00. The van der Waals surface area contributed by atoms with E-state index < -0.39 is 8.07 Å². The number of hydrogen-bond acceptors (Lipinski definition) is 0. The van der Waals surface area contributed by atoms with Crippen LogP contribution >= 0.6 is 0 Å². The van der Waals surface area contributed by atoms with Crippen molar-refractivity contribution >= 4 is 8.07 Å². The Morgan fingerprint density at radius 1 is 1.12 bits per heavy atom. The van der Waals surface area contributed by atoms with E-state index in [1.165, 1.54) is 18.5 Å². The largest absolute Gasteiger partial charge is 0.0694 e. The molecule has 0 aliphatic heterocycles. The van der Waals surface area contributed by atoms with Crippen molar-refractivity contribution in [2.75, 3.05) is 0 Å². The summed E-state index contributed by atoms with van der Waals surface area (Å²) in [4.78, 5) is 0. The van der Waals surface area contributed by atoms with Crippen molar-refractivity contribution in [1.29, 1.82) is 0 Å². The van der Waals surface area contributed by atoms with Crippen molar-refractivity contribution in [3.8, 4) is 0 Å². The molecule has 0 radical (unpaired) electrons. The summed E-state index contributed by atoms with van der Waals surface area (Å²) in [6.07, 6.45) is 1.38. The Morgan fingerprint density at radius 2 is 1.62 bits per heavy atom. The van der Waals surface area contributed by atoms with E-state index in [-0.39, 0.29) is 0 Å². The van der Waals surface area contributed by atoms with Crippen LogP contribution in [0.25, 0.3) is 0 Å². The Labute approximate surface area is 54.3 Å². The Balaban J connectivity index is 3.37. The highest BCUT2D eigenvalue weighted by atomic mass is 28.3. The summed E-state index contributed by atoms with van der Waals surface area (Å²) in [6, 6.07) is 2.95. The third kappa shape index (κ3) is 3.25. The molecule has 0 unspecified atom stereocenters. The van der Waals surface area contributed by atoms with Crippen LogP contribution in [0.15, 0.2) is 0 Å². The first-order valence-electron chi connectivity index (χ1n) is 3.62. The van der Waals surface area contributed by atoms with E-state index >= 15 is 0 Å². The van der Waals surface area contributed by atoms with Gasteiger partial charge in [-0.2, -0.15) is 0 Å². The molecule has 0 aromatic heterocycles. The third-order valence-corrected chi connectivity index (χ3v) is 5.65. The van der Waals surface area contributed by atoms with Crippen LogP contribution in [0.1, 0.15) is 20.3 Å². The van der Waals surface area contributed by atoms with E-state index in [4.69, 9.17) is 0 Å². The first-order valence-corrected chi connectivity index (χ1v) is 7.04. The molecule has 8 heavy (non-hydrogen) atoms. The molecule has 0 bridgehead atoms. The van der Waals surface area contributed by atoms with Gasteiger partial charge < -0.3 is 0 Å². The van der Waals surface area contributed by atoms with Gasteiger partial charge in [-0.25, -0.2) is 0 Å². The molecule has 0 aliphatic carbocycles. The van der Waals surface area contributed by atoms with E-state index in [1.807, 2.05) is 0 Å². The van der Waals surface area contributed by atoms with Crippen LogP contribution in [0.5, 0.6) is 0 Å². The zero-order valence-electron chi connectivity index (χ0n) is 6.62. The molecule has 0 nitrogen and oxygen atoms in total. The molecule has 0 rings (SSSR count). The monoisotopic (exact) mass is 130 g/mol. The summed E-state index contributed by atoms with van der Waals surface area (Å²) in [5, 5.41) is 0. The van der Waals surface area contributed by atoms with Crippen molar-refractivity contribution in [1.82, 2.24) is 0 Å². The standard InChI is InChI=1S/C7H18Si/c1-5-7-8(3,4)6-2/h5-7H2,1-4H3. The molecule has 0 aliphatic rings. The van der Waals surface area contributed by atoms with E-state index in [2.05, 4.69) is 26.9 Å². The Hall–Kier alpha value is 0.217. The highest BCUT2D eigenvalue weighted by molar-refractivity contribution is 6.77. The minimum atomic E-state index is -0.677. The second-order valence-corrected chi connectivity index (χ2v) is 8.80. The minimum absolute atomic E-state index is 0.677. The van der Waals surface area contributed by atoms with E-state index in [1.54, 1.807) is 0 Å². The maximum absolute atomic E-state index is 2.47. The molecule has 0 fully saturated rings. The molecule has 0 spiro atoms. The minimum Gasteiger partial charge on any atom is -0.0694 e. The fourth-order valence-electron chi connectivity index (χ4n) is 0.854. The van der Waals surface area contributed by atoms with Gasteiger partial charge in [-0.05, 0) is 0 Å². The lowest BCUT2D eigenvalue weighted by molar-refractivity contribution is 1.03. The molecule has 0 heterocycles. The van der Waals surface area contributed by atoms with E-state index in [0.717, 1.165) is 0 Å². The Morgan fingerprint density at radius 3 is 1.75 bits per heavy atom. The molecule has 1 heteroatoms. The van der Waals surface area contributed by atoms with Crippen LogP contribution in [0.4, 0.5) is 0 Å². The molecular formula is C7H18Si. The first-order chi connectivity index (χ1) is 3.62. The Kier molecular flexibility index (Phi) is 3.37. The van der Waals surface area contributed by atoms with Crippen LogP contribution in [0.2, 0.25) is 25.2 Å². The topological polar surface area (TPSA) is 0 Å². The smallest absolute Gasteiger partial charge is 0.0470 e. The third-order valence-electron chi connectivity index (χ3n) is 1.88. The molecule has 0 saturated heterocycles. The van der Waals surface area contributed by atoms with Crippen LogP contribution in [-0.4, -0.2) is 8.07 Å². The molecule has 50 valence electrons. The molecule has 0 atom stereocenters. The normalized spacial score (nSPS) is 12.0. The highest BCUT2D eigenvalue weighted by Crippen LogP contribution is 2.15. The van der Waals surface area contributed by atoms with Gasteiger partial charge in [0.15, 0.2) is 0 Å². The van der Waals surface area contributed by atoms with Crippen LogP contribution < -0.4 is 0 Å². The van der Waals surface area contributed by atoms with Gasteiger partial charge in [0.2, 0.25) is 0 Å². The second kappa shape index (κ2) is 3.28. The maximum Gasteiger partial charge on any atom is 0.0470 e. The predicted molar refractivity (Wildman–Crippen MR) is 43.1 cm³/mol. The quantitative estimate of drug-likeness (QED) is 0.515. The van der Waals surface area contributed by atoms with Crippen LogP contribution in [0.3, 0.4) is 0 Å². The van der Waals surface area contributed by atoms with Crippen molar-refractivity contribution in [3.63, 3.8) is 0 Å². The van der Waals surface area contributed by atoms with Gasteiger partial charge in [0, 0.05) is 8.07 Å². The van der Waals surface area contributed by atoms with Gasteiger partial charge in [-0.1, -0.05) is 45.5 Å². The molecule has 0 N–H and O–H groups in total. The number of hydrogen-bond donors (Lipinski definition) is 0. The summed E-state index contributed by atoms with van der Waals surface area (Å²) in [5.41, 5.74) is 0. The molecule has 0 aromatic rings. The van der Waals surface area contributed by atoms with Gasteiger partial charge >= 0.3 is 0 Å². The van der Waals surface area contributed by atoms with E-state index in [0.29, 0.717) is 0 Å². The van der Waals surface area contributed by atoms with Crippen molar-refractivity contribution in [2.24, 2.45) is 0 Å². The zero-order chi connectivity index (χ0) is 6.62. The van der Waals surface area contributed by atoms with Gasteiger partial charge in [-0.15, -0.1) is 0 Å². The first kappa shape index (κ1) is 8.22. The predicted octanol–water partition coefficient (Wildman–Crippen LogP) is 3.12. The molecule has 0 aromatic carbocycles. The Bertz CT molecular complexity index is 57.4. The molecule has 0 saturated carbocycles. The highest BCUT2D eigenvalue weighted by Gasteiger charge is 2.14. The van der Waals surface area contributed by atoms with Crippen LogP contribution in [0, 0.1) is 0 Å². The van der Waals surface area contributed by atoms with E-state index in [9.17, 15) is 0 Å². The lowest BCUT2D eigenvalue weighted by Crippen LogP contribution is -2.22. The summed E-state index contributed by atoms with van der Waals surface area (Å²) in [5.74, 6) is 0. The lowest BCUT2D eigenvalue weighted by Gasteiger charge is -2.17. The van der Waals surface area contributed by atoms with Gasteiger partial charge in [0.1, 0.15) is 0 Å². The van der Waals surface area contributed by atoms with Crippen molar-refractivity contribution < 1.29 is 0 Å². The molecular weight excluding hydrogens is 112 g/mol. The summed E-state index contributed by atoms with van der Waals surface area (Å²) in [7, 11) is -0.677. The second-order valence-electron chi connectivity index (χ2n) is 3.27. The average molecular weight is 130 g/mol. The van der Waals surface area contributed by atoms with Gasteiger partial charge in [-0.3, -0.25) is 0 Å². The van der Waals surface area contributed by atoms with Crippen LogP contribution in [-0.2, 0) is 0 Å². The summed E-state index contributed by atoms with van der Waals surface area (Å²) in [6.45, 7) is 9.54. The lowest BCUT2D eigenvalue weighted by atomic mass is 10.6. The van der Waals surface area contributed by atoms with Gasteiger partial charge in [0.25, 0.3) is 0 Å². The average Bonchev–Trinajstić information content (AvgIpc) is 1.67. The maximum atomic E-state index is 2.47. The summed E-state index contributed by atoms with van der Waals surface area (Å²) < 4.78 is 0. The van der Waals surface area contributed by atoms with Gasteiger partial charge in [0.05, 0.1) is 0 Å². The summed E-state index contributed by atoms with van der Waals surface area (Å²) >= 11 is 0. The fourth-order valence-corrected chi connectivity index (χ4v) is 2.56. The van der Waals surface area contributed by atoms with Crippen molar-refractivity contribution in [3.05, 3.63) is 0 Å². The molecule has 0 amide bonds.